The van der Waals surface area contributed by atoms with Crippen LogP contribution in [0.15, 0.2) is 40.9 Å². The number of rotatable bonds is 5. The molecular formula is C16H16BrClFNO. The summed E-state index contributed by atoms with van der Waals surface area (Å²) in [5.41, 5.74) is 1.33. The fourth-order valence-corrected chi connectivity index (χ4v) is 3.10. The van der Waals surface area contributed by atoms with E-state index in [0.717, 1.165) is 15.8 Å². The number of halogens is 3. The molecule has 0 heterocycles. The van der Waals surface area contributed by atoms with Gasteiger partial charge in [-0.25, -0.2) is 4.39 Å². The van der Waals surface area contributed by atoms with Crippen LogP contribution in [0.3, 0.4) is 0 Å². The molecule has 0 aliphatic carbocycles. The molecule has 0 saturated carbocycles. The second-order valence-corrected chi connectivity index (χ2v) is 5.73. The van der Waals surface area contributed by atoms with Gasteiger partial charge in [-0.2, -0.15) is 0 Å². The minimum atomic E-state index is -0.344. The average Bonchev–Trinajstić information content (AvgIpc) is 2.44. The molecule has 0 amide bonds. The number of hydrogen-bond donors (Lipinski definition) is 1. The van der Waals surface area contributed by atoms with Crippen LogP contribution in [0.1, 0.15) is 24.1 Å². The maximum Gasteiger partial charge on any atom is 0.129 e. The number of hydrogen-bond acceptors (Lipinski definition) is 2. The summed E-state index contributed by atoms with van der Waals surface area (Å²) in [7, 11) is 1.77. The number of nitrogens with one attached hydrogen (secondary N) is 1. The summed E-state index contributed by atoms with van der Waals surface area (Å²) < 4.78 is 20.4. The van der Waals surface area contributed by atoms with Gasteiger partial charge in [-0.3, -0.25) is 0 Å². The van der Waals surface area contributed by atoms with E-state index in [0.29, 0.717) is 17.2 Å². The molecule has 1 atom stereocenters. The SMILES string of the molecule is CCOc1ccc(C(NC)c2c(F)cccc2Cl)c(Br)c1. The zero-order chi connectivity index (χ0) is 15.4. The summed E-state index contributed by atoms with van der Waals surface area (Å²) in [6.07, 6.45) is 0. The van der Waals surface area contributed by atoms with Crippen LogP contribution in [0.4, 0.5) is 4.39 Å². The Morgan fingerprint density at radius 1 is 1.33 bits per heavy atom. The van der Waals surface area contributed by atoms with Crippen molar-refractivity contribution in [2.45, 2.75) is 13.0 Å². The molecule has 2 aromatic rings. The van der Waals surface area contributed by atoms with E-state index >= 15 is 0 Å². The predicted molar refractivity (Wildman–Crippen MR) is 87.6 cm³/mol. The number of benzene rings is 2. The summed E-state index contributed by atoms with van der Waals surface area (Å²) in [6, 6.07) is 9.99. The van der Waals surface area contributed by atoms with Crippen LogP contribution in [-0.2, 0) is 0 Å². The van der Waals surface area contributed by atoms with Crippen molar-refractivity contribution in [1.29, 1.82) is 0 Å². The summed E-state index contributed by atoms with van der Waals surface area (Å²) in [6.45, 7) is 2.53. The summed E-state index contributed by atoms with van der Waals surface area (Å²) >= 11 is 9.69. The highest BCUT2D eigenvalue weighted by Crippen LogP contribution is 2.35. The Balaban J connectivity index is 2.47. The lowest BCUT2D eigenvalue weighted by Gasteiger charge is -2.21. The highest BCUT2D eigenvalue weighted by molar-refractivity contribution is 9.10. The van der Waals surface area contributed by atoms with Crippen LogP contribution >= 0.6 is 27.5 Å². The lowest BCUT2D eigenvalue weighted by Crippen LogP contribution is -2.20. The van der Waals surface area contributed by atoms with E-state index in [1.807, 2.05) is 25.1 Å². The first-order chi connectivity index (χ1) is 10.1. The molecule has 1 N–H and O–H groups in total. The van der Waals surface area contributed by atoms with E-state index < -0.39 is 0 Å². The van der Waals surface area contributed by atoms with Crippen molar-refractivity contribution in [1.82, 2.24) is 5.32 Å². The topological polar surface area (TPSA) is 21.3 Å². The van der Waals surface area contributed by atoms with Gasteiger partial charge >= 0.3 is 0 Å². The number of ether oxygens (including phenoxy) is 1. The predicted octanol–water partition coefficient (Wildman–Crippen LogP) is 4.95. The normalized spacial score (nSPS) is 12.2. The zero-order valence-corrected chi connectivity index (χ0v) is 14.1. The molecule has 0 saturated heterocycles. The van der Waals surface area contributed by atoms with E-state index in [-0.39, 0.29) is 11.9 Å². The summed E-state index contributed by atoms with van der Waals surface area (Å²) in [5.74, 6) is 0.435. The van der Waals surface area contributed by atoms with Gasteiger partial charge in [-0.1, -0.05) is 39.7 Å². The van der Waals surface area contributed by atoms with Gasteiger partial charge in [0.2, 0.25) is 0 Å². The highest BCUT2D eigenvalue weighted by atomic mass is 79.9. The molecule has 5 heteroatoms. The van der Waals surface area contributed by atoms with Gasteiger partial charge in [0.25, 0.3) is 0 Å². The van der Waals surface area contributed by atoms with Crippen molar-refractivity contribution < 1.29 is 9.13 Å². The molecule has 2 nitrogen and oxygen atoms in total. The Hall–Kier alpha value is -1.10. The largest absolute Gasteiger partial charge is 0.494 e. The second kappa shape index (κ2) is 7.25. The Morgan fingerprint density at radius 2 is 2.10 bits per heavy atom. The van der Waals surface area contributed by atoms with Gasteiger partial charge in [0, 0.05) is 15.1 Å². The standard InChI is InChI=1S/C16H16BrClFNO/c1-3-21-10-7-8-11(12(17)9-10)16(20-2)15-13(18)5-4-6-14(15)19/h4-9,16,20H,3H2,1-2H3. The van der Waals surface area contributed by atoms with Crippen molar-refractivity contribution in [3.8, 4) is 5.75 Å². The highest BCUT2D eigenvalue weighted by Gasteiger charge is 2.21. The van der Waals surface area contributed by atoms with Crippen LogP contribution in [-0.4, -0.2) is 13.7 Å². The molecule has 0 aliphatic heterocycles. The van der Waals surface area contributed by atoms with Crippen LogP contribution < -0.4 is 10.1 Å². The molecule has 2 aromatic carbocycles. The van der Waals surface area contributed by atoms with E-state index in [1.165, 1.54) is 6.07 Å². The summed E-state index contributed by atoms with van der Waals surface area (Å²) in [5, 5.41) is 3.51. The Labute approximate surface area is 137 Å². The molecule has 2 rings (SSSR count). The van der Waals surface area contributed by atoms with Crippen LogP contribution in [0, 0.1) is 5.82 Å². The lowest BCUT2D eigenvalue weighted by molar-refractivity contribution is 0.340. The quantitative estimate of drug-likeness (QED) is 0.802. The minimum absolute atomic E-state index is 0.331. The Bertz CT molecular complexity index is 615. The van der Waals surface area contributed by atoms with Crippen molar-refractivity contribution in [3.63, 3.8) is 0 Å². The third-order valence-electron chi connectivity index (χ3n) is 3.17. The molecule has 0 spiro atoms. The fraction of sp³-hybridized carbons (Fsp3) is 0.250. The van der Waals surface area contributed by atoms with E-state index in [2.05, 4.69) is 21.2 Å². The van der Waals surface area contributed by atoms with Crippen LogP contribution in [0.5, 0.6) is 5.75 Å². The molecule has 1 unspecified atom stereocenters. The van der Waals surface area contributed by atoms with Crippen molar-refractivity contribution in [2.24, 2.45) is 0 Å². The third-order valence-corrected chi connectivity index (χ3v) is 4.19. The fourth-order valence-electron chi connectivity index (χ4n) is 2.24. The van der Waals surface area contributed by atoms with E-state index in [1.54, 1.807) is 19.2 Å². The first-order valence-corrected chi connectivity index (χ1v) is 7.79. The second-order valence-electron chi connectivity index (χ2n) is 4.47. The van der Waals surface area contributed by atoms with Gasteiger partial charge in [0.15, 0.2) is 0 Å². The molecule has 0 aromatic heterocycles. The Morgan fingerprint density at radius 3 is 2.67 bits per heavy atom. The summed E-state index contributed by atoms with van der Waals surface area (Å²) in [4.78, 5) is 0. The molecule has 21 heavy (non-hydrogen) atoms. The zero-order valence-electron chi connectivity index (χ0n) is 11.8. The van der Waals surface area contributed by atoms with Gasteiger partial charge in [0.1, 0.15) is 11.6 Å². The monoisotopic (exact) mass is 371 g/mol. The lowest BCUT2D eigenvalue weighted by atomic mass is 9.98. The molecule has 0 radical (unpaired) electrons. The maximum atomic E-state index is 14.1. The van der Waals surface area contributed by atoms with E-state index in [4.69, 9.17) is 16.3 Å². The minimum Gasteiger partial charge on any atom is -0.494 e. The van der Waals surface area contributed by atoms with Crippen LogP contribution in [0.25, 0.3) is 0 Å². The van der Waals surface area contributed by atoms with Gasteiger partial charge in [0.05, 0.1) is 12.6 Å². The van der Waals surface area contributed by atoms with Crippen molar-refractivity contribution in [2.75, 3.05) is 13.7 Å². The van der Waals surface area contributed by atoms with Gasteiger partial charge < -0.3 is 10.1 Å². The van der Waals surface area contributed by atoms with Crippen molar-refractivity contribution in [3.05, 3.63) is 62.8 Å². The van der Waals surface area contributed by atoms with E-state index in [9.17, 15) is 4.39 Å². The first kappa shape index (κ1) is 16.3. The molecule has 0 fully saturated rings. The van der Waals surface area contributed by atoms with Crippen LogP contribution in [0.2, 0.25) is 5.02 Å². The van der Waals surface area contributed by atoms with Gasteiger partial charge in [-0.15, -0.1) is 0 Å². The molecular weight excluding hydrogens is 357 g/mol. The molecule has 0 aliphatic rings. The maximum absolute atomic E-state index is 14.1. The molecule has 112 valence electrons. The third kappa shape index (κ3) is 3.57. The van der Waals surface area contributed by atoms with Gasteiger partial charge in [-0.05, 0) is 43.8 Å². The smallest absolute Gasteiger partial charge is 0.129 e. The average molecular weight is 373 g/mol. The Kier molecular flexibility index (Phi) is 5.62. The molecule has 0 bridgehead atoms. The first-order valence-electron chi connectivity index (χ1n) is 6.61. The van der Waals surface area contributed by atoms with Crippen molar-refractivity contribution >= 4 is 27.5 Å².